The summed E-state index contributed by atoms with van der Waals surface area (Å²) in [6.07, 6.45) is -2.80. The van der Waals surface area contributed by atoms with Crippen molar-refractivity contribution in [3.63, 3.8) is 0 Å². The molecule has 1 atom stereocenters. The summed E-state index contributed by atoms with van der Waals surface area (Å²) in [5, 5.41) is 0. The van der Waals surface area contributed by atoms with Gasteiger partial charge >= 0.3 is 6.18 Å². The van der Waals surface area contributed by atoms with Gasteiger partial charge in [0, 0.05) is 25.3 Å². The summed E-state index contributed by atoms with van der Waals surface area (Å²) in [4.78, 5) is 15.2. The molecule has 2 aliphatic heterocycles. The minimum Gasteiger partial charge on any atom is -0.312 e. The van der Waals surface area contributed by atoms with Crippen molar-refractivity contribution in [2.75, 3.05) is 24.5 Å². The molecule has 2 saturated heterocycles. The Kier molecular flexibility index (Phi) is 6.30. The number of rotatable bonds is 5. The van der Waals surface area contributed by atoms with Crippen molar-refractivity contribution in [1.82, 2.24) is 4.31 Å². The second-order valence-electron chi connectivity index (χ2n) is 9.02. The summed E-state index contributed by atoms with van der Waals surface area (Å²) in [5.41, 5.74) is 0.649. The quantitative estimate of drug-likeness (QED) is 0.627. The number of carbonyl (C=O) groups is 1. The first-order valence-electron chi connectivity index (χ1n) is 11.1. The van der Waals surface area contributed by atoms with E-state index < -0.39 is 27.5 Å². The van der Waals surface area contributed by atoms with Gasteiger partial charge in [0.1, 0.15) is 0 Å². The number of benzene rings is 2. The molecule has 178 valence electrons. The van der Waals surface area contributed by atoms with Crippen molar-refractivity contribution in [1.29, 1.82) is 0 Å². The smallest absolute Gasteiger partial charge is 0.312 e. The van der Waals surface area contributed by atoms with Crippen LogP contribution >= 0.6 is 0 Å². The summed E-state index contributed by atoms with van der Waals surface area (Å²) < 4.78 is 65.7. The predicted molar refractivity (Wildman–Crippen MR) is 119 cm³/mol. The van der Waals surface area contributed by atoms with Crippen molar-refractivity contribution in [3.8, 4) is 0 Å². The van der Waals surface area contributed by atoms with Crippen LogP contribution < -0.4 is 4.90 Å². The highest BCUT2D eigenvalue weighted by atomic mass is 32.2. The van der Waals surface area contributed by atoms with E-state index in [1.54, 1.807) is 59.5 Å². The number of anilines is 1. The molecule has 0 aliphatic carbocycles. The number of hydrogen-bond donors (Lipinski definition) is 0. The summed E-state index contributed by atoms with van der Waals surface area (Å²) in [7, 11) is -3.59. The van der Waals surface area contributed by atoms with Crippen LogP contribution in [0.4, 0.5) is 18.9 Å². The molecule has 2 aromatic rings. The Morgan fingerprint density at radius 1 is 0.939 bits per heavy atom. The molecule has 2 heterocycles. The van der Waals surface area contributed by atoms with E-state index in [-0.39, 0.29) is 30.3 Å². The van der Waals surface area contributed by atoms with Crippen molar-refractivity contribution >= 4 is 21.6 Å². The van der Waals surface area contributed by atoms with Crippen LogP contribution in [0.1, 0.15) is 31.7 Å². The van der Waals surface area contributed by atoms with Gasteiger partial charge in [0.25, 0.3) is 0 Å². The van der Waals surface area contributed by atoms with Crippen LogP contribution in [0.3, 0.4) is 0 Å². The van der Waals surface area contributed by atoms with Crippen LogP contribution in [-0.4, -0.2) is 44.4 Å². The zero-order valence-electron chi connectivity index (χ0n) is 18.4. The van der Waals surface area contributed by atoms with E-state index in [2.05, 4.69) is 0 Å². The lowest BCUT2D eigenvalue weighted by molar-refractivity contribution is -0.169. The third-order valence-electron chi connectivity index (χ3n) is 6.92. The Morgan fingerprint density at radius 3 is 2.09 bits per heavy atom. The maximum absolute atomic E-state index is 13.3. The maximum atomic E-state index is 13.3. The van der Waals surface area contributed by atoms with Crippen LogP contribution in [0.5, 0.6) is 0 Å². The van der Waals surface area contributed by atoms with Gasteiger partial charge in [-0.15, -0.1) is 0 Å². The van der Waals surface area contributed by atoms with Crippen LogP contribution in [-0.2, 0) is 21.2 Å². The van der Waals surface area contributed by atoms with E-state index in [4.69, 9.17) is 0 Å². The molecule has 1 unspecified atom stereocenters. The fourth-order valence-corrected chi connectivity index (χ4v) is 6.17. The molecule has 4 rings (SSSR count). The normalized spacial score (nSPS) is 20.4. The van der Waals surface area contributed by atoms with Gasteiger partial charge in [0.2, 0.25) is 15.9 Å². The maximum Gasteiger partial charge on any atom is 0.391 e. The molecule has 2 aliphatic rings. The van der Waals surface area contributed by atoms with Gasteiger partial charge in [-0.1, -0.05) is 37.3 Å². The lowest BCUT2D eigenvalue weighted by Gasteiger charge is -2.37. The number of nitrogens with zero attached hydrogens (tertiary/aromatic N) is 2. The number of alkyl halides is 3. The highest BCUT2D eigenvalue weighted by molar-refractivity contribution is 7.89. The summed E-state index contributed by atoms with van der Waals surface area (Å²) in [6, 6.07) is 15.0. The van der Waals surface area contributed by atoms with Gasteiger partial charge in [-0.05, 0) is 55.5 Å². The minimum atomic E-state index is -4.24. The second kappa shape index (κ2) is 8.76. The standard InChI is InChI=1S/C24H27F3N2O3S/c1-18(24(25,26)27)17-19-7-9-20(10-8-19)29-16-13-23(22(29)30)11-14-28(15-12-23)33(31,32)21-5-3-2-4-6-21/h2-10,18H,11-17H2,1H3. The highest BCUT2D eigenvalue weighted by Gasteiger charge is 2.49. The summed E-state index contributed by atoms with van der Waals surface area (Å²) in [6.45, 7) is 2.24. The fraction of sp³-hybridized carbons (Fsp3) is 0.458. The highest BCUT2D eigenvalue weighted by Crippen LogP contribution is 2.44. The average Bonchev–Trinajstić information content (AvgIpc) is 3.10. The lowest BCUT2D eigenvalue weighted by Crippen LogP contribution is -2.46. The van der Waals surface area contributed by atoms with Crippen LogP contribution in [0.15, 0.2) is 59.5 Å². The van der Waals surface area contributed by atoms with Crippen molar-refractivity contribution in [2.45, 2.75) is 43.7 Å². The van der Waals surface area contributed by atoms with Gasteiger partial charge in [-0.25, -0.2) is 8.42 Å². The Hall–Kier alpha value is -2.39. The monoisotopic (exact) mass is 480 g/mol. The van der Waals surface area contributed by atoms with Crippen LogP contribution in [0.25, 0.3) is 0 Å². The van der Waals surface area contributed by atoms with E-state index in [1.807, 2.05) is 0 Å². The van der Waals surface area contributed by atoms with Crippen molar-refractivity contribution in [3.05, 3.63) is 60.2 Å². The molecule has 5 nitrogen and oxygen atoms in total. The molecule has 0 aromatic heterocycles. The number of carbonyl (C=O) groups excluding carboxylic acids is 1. The predicted octanol–water partition coefficient (Wildman–Crippen LogP) is 4.64. The average molecular weight is 481 g/mol. The summed E-state index contributed by atoms with van der Waals surface area (Å²) in [5.74, 6) is -1.46. The van der Waals surface area contributed by atoms with Gasteiger partial charge in [0.05, 0.1) is 16.2 Å². The van der Waals surface area contributed by atoms with E-state index in [9.17, 15) is 26.4 Å². The molecule has 0 saturated carbocycles. The molecule has 1 amide bonds. The molecule has 0 bridgehead atoms. The van der Waals surface area contributed by atoms with Gasteiger partial charge in [-0.2, -0.15) is 17.5 Å². The summed E-state index contributed by atoms with van der Waals surface area (Å²) >= 11 is 0. The number of halogens is 3. The van der Waals surface area contributed by atoms with E-state index in [0.717, 1.165) is 6.92 Å². The third kappa shape index (κ3) is 4.66. The van der Waals surface area contributed by atoms with Gasteiger partial charge < -0.3 is 4.90 Å². The van der Waals surface area contributed by atoms with Crippen molar-refractivity contribution in [2.24, 2.45) is 11.3 Å². The second-order valence-corrected chi connectivity index (χ2v) is 11.0. The van der Waals surface area contributed by atoms with E-state index in [0.29, 0.717) is 37.1 Å². The molecule has 2 aromatic carbocycles. The fourth-order valence-electron chi connectivity index (χ4n) is 4.71. The Balaban J connectivity index is 1.41. The number of piperidine rings is 1. The Labute approximate surface area is 192 Å². The minimum absolute atomic E-state index is 0.0318. The Bertz CT molecular complexity index is 1090. The number of amides is 1. The molecule has 0 radical (unpaired) electrons. The molecule has 9 heteroatoms. The van der Waals surface area contributed by atoms with Gasteiger partial charge in [-0.3, -0.25) is 4.79 Å². The lowest BCUT2D eigenvalue weighted by atomic mass is 9.77. The molecule has 0 N–H and O–H groups in total. The van der Waals surface area contributed by atoms with Gasteiger partial charge in [0.15, 0.2) is 0 Å². The number of hydrogen-bond acceptors (Lipinski definition) is 3. The first kappa shape index (κ1) is 23.8. The topological polar surface area (TPSA) is 57.7 Å². The largest absolute Gasteiger partial charge is 0.391 e. The zero-order valence-corrected chi connectivity index (χ0v) is 19.2. The van der Waals surface area contributed by atoms with Crippen molar-refractivity contribution < 1.29 is 26.4 Å². The first-order chi connectivity index (χ1) is 15.5. The number of sulfonamides is 1. The zero-order chi connectivity index (χ0) is 23.9. The third-order valence-corrected chi connectivity index (χ3v) is 8.83. The van der Waals surface area contributed by atoms with E-state index >= 15 is 0 Å². The molecular formula is C24H27F3N2O3S. The Morgan fingerprint density at radius 2 is 1.52 bits per heavy atom. The molecule has 33 heavy (non-hydrogen) atoms. The SMILES string of the molecule is CC(Cc1ccc(N2CCC3(CCN(S(=O)(=O)c4ccccc4)CC3)C2=O)cc1)C(F)(F)F. The van der Waals surface area contributed by atoms with Crippen LogP contribution in [0.2, 0.25) is 0 Å². The first-order valence-corrected chi connectivity index (χ1v) is 12.5. The molecule has 2 fully saturated rings. The molecule has 1 spiro atoms. The van der Waals surface area contributed by atoms with E-state index in [1.165, 1.54) is 4.31 Å². The molecular weight excluding hydrogens is 453 g/mol. The van der Waals surface area contributed by atoms with Crippen LogP contribution in [0, 0.1) is 11.3 Å².